The van der Waals surface area contributed by atoms with E-state index in [2.05, 4.69) is 0 Å². The topological polar surface area (TPSA) is 72.5 Å². The van der Waals surface area contributed by atoms with Crippen LogP contribution in [0.15, 0.2) is 24.3 Å². The quantitative estimate of drug-likeness (QED) is 0.850. The van der Waals surface area contributed by atoms with Gasteiger partial charge in [0.1, 0.15) is 5.41 Å². The first kappa shape index (κ1) is 14.0. The molecule has 0 bridgehead atoms. The van der Waals surface area contributed by atoms with E-state index in [-0.39, 0.29) is 12.6 Å². The molecular weight excluding hydrogens is 242 g/mol. The van der Waals surface area contributed by atoms with Gasteiger partial charge in [-0.15, -0.1) is 0 Å². The predicted octanol–water partition coefficient (Wildman–Crippen LogP) is 1.85. The van der Waals surface area contributed by atoms with Crippen LogP contribution in [0.2, 0.25) is 0 Å². The van der Waals surface area contributed by atoms with Crippen molar-refractivity contribution in [1.82, 2.24) is 0 Å². The zero-order valence-electron chi connectivity index (χ0n) is 11.3. The van der Waals surface area contributed by atoms with Crippen LogP contribution in [-0.2, 0) is 14.9 Å². The van der Waals surface area contributed by atoms with Gasteiger partial charge in [-0.3, -0.25) is 4.79 Å². The van der Waals surface area contributed by atoms with E-state index in [0.29, 0.717) is 6.42 Å². The zero-order valence-corrected chi connectivity index (χ0v) is 11.3. The first-order chi connectivity index (χ1) is 9.10. The molecule has 2 atom stereocenters. The van der Waals surface area contributed by atoms with Gasteiger partial charge >= 0.3 is 5.97 Å². The highest BCUT2D eigenvalue weighted by molar-refractivity contribution is 5.82. The Kier molecular flexibility index (Phi) is 4.22. The van der Waals surface area contributed by atoms with E-state index >= 15 is 0 Å². The average Bonchev–Trinajstić information content (AvgIpc) is 2.89. The largest absolute Gasteiger partial charge is 0.481 e. The Morgan fingerprint density at radius 2 is 2.26 bits per heavy atom. The molecule has 0 aliphatic carbocycles. The van der Waals surface area contributed by atoms with E-state index in [1.165, 1.54) is 0 Å². The van der Waals surface area contributed by atoms with Crippen molar-refractivity contribution < 1.29 is 14.6 Å². The van der Waals surface area contributed by atoms with Gasteiger partial charge in [-0.1, -0.05) is 24.3 Å². The van der Waals surface area contributed by atoms with Gasteiger partial charge in [-0.05, 0) is 37.3 Å². The number of ether oxygens (including phenoxy) is 1. The molecule has 4 heteroatoms. The van der Waals surface area contributed by atoms with Crippen molar-refractivity contribution in [3.8, 4) is 0 Å². The van der Waals surface area contributed by atoms with Crippen molar-refractivity contribution >= 4 is 5.97 Å². The third kappa shape index (κ3) is 2.65. The lowest BCUT2D eigenvalue weighted by atomic mass is 9.74. The van der Waals surface area contributed by atoms with Gasteiger partial charge in [0.05, 0.1) is 6.10 Å². The van der Waals surface area contributed by atoms with Crippen LogP contribution in [0.1, 0.15) is 30.4 Å². The molecule has 0 aromatic heterocycles. The molecular formula is C15H21NO3. The average molecular weight is 263 g/mol. The molecule has 0 saturated carbocycles. The van der Waals surface area contributed by atoms with Crippen LogP contribution in [0.5, 0.6) is 0 Å². The van der Waals surface area contributed by atoms with Gasteiger partial charge in [0, 0.05) is 13.2 Å². The number of hydrogen-bond donors (Lipinski definition) is 2. The maximum atomic E-state index is 11.9. The first-order valence-corrected chi connectivity index (χ1v) is 6.71. The second-order valence-electron chi connectivity index (χ2n) is 5.25. The number of benzene rings is 1. The molecule has 1 aromatic rings. The number of carbonyl (C=O) groups is 1. The van der Waals surface area contributed by atoms with Crippen LogP contribution >= 0.6 is 0 Å². The minimum Gasteiger partial charge on any atom is -0.481 e. The minimum absolute atomic E-state index is 0.000689. The van der Waals surface area contributed by atoms with Crippen molar-refractivity contribution in [2.75, 3.05) is 13.2 Å². The van der Waals surface area contributed by atoms with Crippen LogP contribution < -0.4 is 5.73 Å². The Bertz CT molecular complexity index is 454. The van der Waals surface area contributed by atoms with Crippen molar-refractivity contribution in [1.29, 1.82) is 0 Å². The van der Waals surface area contributed by atoms with E-state index < -0.39 is 11.4 Å². The molecule has 2 rings (SSSR count). The van der Waals surface area contributed by atoms with E-state index in [4.69, 9.17) is 10.5 Å². The number of rotatable bonds is 5. The third-order valence-electron chi connectivity index (χ3n) is 4.02. The maximum absolute atomic E-state index is 11.9. The predicted molar refractivity (Wildman–Crippen MR) is 73.1 cm³/mol. The van der Waals surface area contributed by atoms with Crippen molar-refractivity contribution in [2.45, 2.75) is 37.7 Å². The highest BCUT2D eigenvalue weighted by Crippen LogP contribution is 2.34. The molecule has 1 heterocycles. The van der Waals surface area contributed by atoms with Gasteiger partial charge in [0.2, 0.25) is 0 Å². The van der Waals surface area contributed by atoms with Crippen LogP contribution in [0.25, 0.3) is 0 Å². The molecule has 3 N–H and O–H groups in total. The number of carboxylic acid groups (broad SMARTS) is 1. The molecule has 104 valence electrons. The summed E-state index contributed by atoms with van der Waals surface area (Å²) < 4.78 is 5.60. The third-order valence-corrected chi connectivity index (χ3v) is 4.02. The molecule has 19 heavy (non-hydrogen) atoms. The first-order valence-electron chi connectivity index (χ1n) is 6.71. The summed E-state index contributed by atoms with van der Waals surface area (Å²) in [6, 6.07) is 7.57. The molecule has 1 fully saturated rings. The zero-order chi connectivity index (χ0) is 13.9. The molecule has 0 amide bonds. The lowest BCUT2D eigenvalue weighted by Crippen LogP contribution is -2.46. The molecule has 4 nitrogen and oxygen atoms in total. The fourth-order valence-corrected chi connectivity index (χ4v) is 2.90. The summed E-state index contributed by atoms with van der Waals surface area (Å²) in [6.45, 7) is 2.74. The van der Waals surface area contributed by atoms with Gasteiger partial charge in [-0.2, -0.15) is 0 Å². The van der Waals surface area contributed by atoms with E-state index in [0.717, 1.165) is 30.6 Å². The highest BCUT2D eigenvalue weighted by atomic mass is 16.5. The van der Waals surface area contributed by atoms with Crippen molar-refractivity contribution in [2.24, 2.45) is 5.73 Å². The van der Waals surface area contributed by atoms with Crippen molar-refractivity contribution in [3.05, 3.63) is 35.4 Å². The Morgan fingerprint density at radius 1 is 1.53 bits per heavy atom. The number of aryl methyl sites for hydroxylation is 1. The summed E-state index contributed by atoms with van der Waals surface area (Å²) >= 11 is 0. The molecule has 1 aliphatic rings. The summed E-state index contributed by atoms with van der Waals surface area (Å²) in [7, 11) is 0. The fraction of sp³-hybridized carbons (Fsp3) is 0.533. The second kappa shape index (κ2) is 5.72. The SMILES string of the molecule is Cc1ccccc1C(CN)(CC1CCCO1)C(=O)O. The smallest absolute Gasteiger partial charge is 0.315 e. The normalized spacial score (nSPS) is 22.1. The maximum Gasteiger partial charge on any atom is 0.315 e. The number of nitrogens with two attached hydrogens (primary N) is 1. The van der Waals surface area contributed by atoms with E-state index in [9.17, 15) is 9.90 Å². The Hall–Kier alpha value is -1.39. The fourth-order valence-electron chi connectivity index (χ4n) is 2.90. The second-order valence-corrected chi connectivity index (χ2v) is 5.25. The van der Waals surface area contributed by atoms with Gasteiger partial charge in [0.15, 0.2) is 0 Å². The summed E-state index contributed by atoms with van der Waals surface area (Å²) in [5.41, 5.74) is 6.58. The molecule has 1 saturated heterocycles. The molecule has 0 radical (unpaired) electrons. The number of hydrogen-bond acceptors (Lipinski definition) is 3. The van der Waals surface area contributed by atoms with Crippen LogP contribution in [0.3, 0.4) is 0 Å². The lowest BCUT2D eigenvalue weighted by Gasteiger charge is -2.32. The van der Waals surface area contributed by atoms with E-state index in [1.807, 2.05) is 31.2 Å². The molecule has 0 spiro atoms. The Balaban J connectivity index is 2.38. The Labute approximate surface area is 113 Å². The van der Waals surface area contributed by atoms with Gasteiger partial charge in [0.25, 0.3) is 0 Å². The van der Waals surface area contributed by atoms with Crippen molar-refractivity contribution in [3.63, 3.8) is 0 Å². The van der Waals surface area contributed by atoms with Crippen LogP contribution in [0, 0.1) is 6.92 Å². The minimum atomic E-state index is -1.04. The molecule has 1 aliphatic heterocycles. The lowest BCUT2D eigenvalue weighted by molar-refractivity contribution is -0.145. The highest BCUT2D eigenvalue weighted by Gasteiger charge is 2.42. The van der Waals surface area contributed by atoms with Crippen LogP contribution in [-0.4, -0.2) is 30.3 Å². The summed E-state index contributed by atoms with van der Waals surface area (Å²) in [6.07, 6.45) is 2.36. The summed E-state index contributed by atoms with van der Waals surface area (Å²) in [5, 5.41) is 9.73. The summed E-state index contributed by atoms with van der Waals surface area (Å²) in [4.78, 5) is 11.9. The molecule has 2 unspecified atom stereocenters. The molecule has 1 aromatic carbocycles. The summed E-state index contributed by atoms with van der Waals surface area (Å²) in [5.74, 6) is -0.861. The number of carboxylic acids is 1. The van der Waals surface area contributed by atoms with Crippen LogP contribution in [0.4, 0.5) is 0 Å². The van der Waals surface area contributed by atoms with Gasteiger partial charge < -0.3 is 15.6 Å². The monoisotopic (exact) mass is 263 g/mol. The van der Waals surface area contributed by atoms with E-state index in [1.54, 1.807) is 0 Å². The van der Waals surface area contributed by atoms with Gasteiger partial charge in [-0.25, -0.2) is 0 Å². The number of aliphatic carboxylic acids is 1. The standard InChI is InChI=1S/C15H21NO3/c1-11-5-2-3-7-13(11)15(10-16,14(17)18)9-12-6-4-8-19-12/h2-3,5,7,12H,4,6,8-10,16H2,1H3,(H,17,18). The Morgan fingerprint density at radius 3 is 2.79 bits per heavy atom.